The first kappa shape index (κ1) is 15.4. The first-order valence-corrected chi connectivity index (χ1v) is 6.53. The molecule has 0 aliphatic carbocycles. The van der Waals surface area contributed by atoms with Gasteiger partial charge in [0.25, 0.3) is 0 Å². The van der Waals surface area contributed by atoms with Crippen molar-refractivity contribution in [2.45, 2.75) is 51.4 Å². The van der Waals surface area contributed by atoms with Crippen LogP contribution in [0.5, 0.6) is 0 Å². The molecule has 0 bridgehead atoms. The van der Waals surface area contributed by atoms with Crippen LogP contribution in [0.2, 0.25) is 0 Å². The van der Waals surface area contributed by atoms with E-state index in [1.165, 1.54) is 12.1 Å². The van der Waals surface area contributed by atoms with Crippen LogP contribution >= 0.6 is 0 Å². The lowest BCUT2D eigenvalue weighted by atomic mass is 9.80. The van der Waals surface area contributed by atoms with Crippen molar-refractivity contribution in [2.24, 2.45) is 0 Å². The quantitative estimate of drug-likeness (QED) is 0.768. The van der Waals surface area contributed by atoms with Gasteiger partial charge in [-0.3, -0.25) is 0 Å². The maximum Gasteiger partial charge on any atom is 0.462 e. The molecule has 1 aliphatic rings. The highest BCUT2D eigenvalue weighted by Gasteiger charge is 2.50. The lowest BCUT2D eigenvalue weighted by molar-refractivity contribution is -0.137. The summed E-state index contributed by atoms with van der Waals surface area (Å²) in [6, 6.07) is 5.10. The van der Waals surface area contributed by atoms with E-state index in [0.717, 1.165) is 17.7 Å². The topological polar surface area (TPSA) is 18.5 Å². The molecule has 2 nitrogen and oxygen atoms in total. The molecular weight excluding hydrogens is 268 g/mol. The van der Waals surface area contributed by atoms with Crippen molar-refractivity contribution < 1.29 is 22.5 Å². The second-order valence-electron chi connectivity index (χ2n) is 6.08. The predicted molar refractivity (Wildman–Crippen MR) is 71.2 cm³/mol. The van der Waals surface area contributed by atoms with Crippen molar-refractivity contribution in [1.29, 1.82) is 0 Å². The van der Waals surface area contributed by atoms with Gasteiger partial charge in [0.2, 0.25) is 0 Å². The Bertz CT molecular complexity index is 464. The SMILES string of the molecule is CC1(C)OB(Cc2ccc(C(F)(F)F)cc2)OC1(C)C. The van der Waals surface area contributed by atoms with E-state index >= 15 is 0 Å². The van der Waals surface area contributed by atoms with Crippen LogP contribution in [0.4, 0.5) is 13.2 Å². The van der Waals surface area contributed by atoms with Gasteiger partial charge in [0, 0.05) is 6.32 Å². The van der Waals surface area contributed by atoms with Crippen LogP contribution in [0.15, 0.2) is 24.3 Å². The van der Waals surface area contributed by atoms with E-state index < -0.39 is 30.1 Å². The number of halogens is 3. The highest BCUT2D eigenvalue weighted by molar-refractivity contribution is 6.45. The highest BCUT2D eigenvalue weighted by atomic mass is 19.4. The van der Waals surface area contributed by atoms with E-state index in [4.69, 9.17) is 9.31 Å². The Labute approximate surface area is 117 Å². The van der Waals surface area contributed by atoms with Crippen LogP contribution in [0.25, 0.3) is 0 Å². The van der Waals surface area contributed by atoms with Crippen LogP contribution in [-0.2, 0) is 21.8 Å². The molecule has 0 radical (unpaired) electrons. The standard InChI is InChI=1S/C14H18BF3O2/c1-12(2)13(3,4)20-15(19-12)9-10-5-7-11(8-6-10)14(16,17)18/h5-8H,9H2,1-4H3. The normalized spacial score (nSPS) is 21.2. The monoisotopic (exact) mass is 286 g/mol. The molecule has 1 saturated heterocycles. The van der Waals surface area contributed by atoms with Gasteiger partial charge >= 0.3 is 13.3 Å². The summed E-state index contributed by atoms with van der Waals surface area (Å²) in [5.74, 6) is 0. The van der Waals surface area contributed by atoms with Crippen LogP contribution in [0.3, 0.4) is 0 Å². The zero-order valence-corrected chi connectivity index (χ0v) is 12.0. The van der Waals surface area contributed by atoms with Crippen molar-refractivity contribution >= 4 is 7.12 Å². The third-order valence-corrected chi connectivity index (χ3v) is 3.99. The largest absolute Gasteiger partial charge is 0.462 e. The average Bonchev–Trinajstić information content (AvgIpc) is 2.46. The molecule has 1 aromatic carbocycles. The number of benzene rings is 1. The molecule has 0 N–H and O–H groups in total. The minimum atomic E-state index is -4.30. The summed E-state index contributed by atoms with van der Waals surface area (Å²) >= 11 is 0. The fourth-order valence-corrected chi connectivity index (χ4v) is 2.07. The van der Waals surface area contributed by atoms with Crippen molar-refractivity contribution in [3.05, 3.63) is 35.4 Å². The molecule has 6 heteroatoms. The first-order chi connectivity index (χ1) is 9.01. The molecule has 1 aliphatic heterocycles. The average molecular weight is 286 g/mol. The predicted octanol–water partition coefficient (Wildman–Crippen LogP) is 3.88. The number of alkyl halides is 3. The summed E-state index contributed by atoms with van der Waals surface area (Å²) in [5, 5.41) is 0. The summed E-state index contributed by atoms with van der Waals surface area (Å²) < 4.78 is 49.1. The highest BCUT2D eigenvalue weighted by Crippen LogP contribution is 2.37. The Morgan fingerprint density at radius 1 is 0.950 bits per heavy atom. The molecule has 1 heterocycles. The van der Waals surface area contributed by atoms with E-state index in [2.05, 4.69) is 0 Å². The second-order valence-corrected chi connectivity index (χ2v) is 6.08. The van der Waals surface area contributed by atoms with Gasteiger partial charge in [-0.15, -0.1) is 0 Å². The van der Waals surface area contributed by atoms with Crippen LogP contribution < -0.4 is 0 Å². The maximum atomic E-state index is 12.5. The first-order valence-electron chi connectivity index (χ1n) is 6.53. The summed E-state index contributed by atoms with van der Waals surface area (Å²) in [6.07, 6.45) is -3.87. The Morgan fingerprint density at radius 3 is 1.80 bits per heavy atom. The van der Waals surface area contributed by atoms with Crippen LogP contribution in [-0.4, -0.2) is 18.3 Å². The number of hydrogen-bond acceptors (Lipinski definition) is 2. The molecular formula is C14H18BF3O2. The fourth-order valence-electron chi connectivity index (χ4n) is 2.07. The van der Waals surface area contributed by atoms with Gasteiger partial charge < -0.3 is 9.31 Å². The molecule has 0 amide bonds. The molecule has 20 heavy (non-hydrogen) atoms. The van der Waals surface area contributed by atoms with Crippen molar-refractivity contribution in [1.82, 2.24) is 0 Å². The van der Waals surface area contributed by atoms with Gasteiger partial charge in [0.05, 0.1) is 16.8 Å². The van der Waals surface area contributed by atoms with Crippen LogP contribution in [0.1, 0.15) is 38.8 Å². The van der Waals surface area contributed by atoms with Crippen LogP contribution in [0, 0.1) is 0 Å². The lowest BCUT2D eigenvalue weighted by Gasteiger charge is -2.32. The van der Waals surface area contributed by atoms with Gasteiger partial charge in [-0.2, -0.15) is 13.2 Å². The molecule has 0 atom stereocenters. The van der Waals surface area contributed by atoms with E-state index in [1.807, 2.05) is 27.7 Å². The molecule has 2 rings (SSSR count). The smallest absolute Gasteiger partial charge is 0.403 e. The number of hydrogen-bond donors (Lipinski definition) is 0. The second kappa shape index (κ2) is 4.77. The zero-order chi connectivity index (χ0) is 15.2. The van der Waals surface area contributed by atoms with E-state index in [9.17, 15) is 13.2 Å². The molecule has 0 saturated carbocycles. The van der Waals surface area contributed by atoms with Gasteiger partial charge in [-0.05, 0) is 45.4 Å². The number of rotatable bonds is 2. The van der Waals surface area contributed by atoms with E-state index in [1.54, 1.807) is 0 Å². The third-order valence-electron chi connectivity index (χ3n) is 3.99. The van der Waals surface area contributed by atoms with Crippen molar-refractivity contribution in [3.8, 4) is 0 Å². The summed E-state index contributed by atoms with van der Waals surface area (Å²) in [6.45, 7) is 7.78. The minimum Gasteiger partial charge on any atom is -0.403 e. The zero-order valence-electron chi connectivity index (χ0n) is 12.0. The summed E-state index contributed by atoms with van der Waals surface area (Å²) in [5.41, 5.74) is -0.737. The van der Waals surface area contributed by atoms with Gasteiger partial charge in [-0.25, -0.2) is 0 Å². The Morgan fingerprint density at radius 2 is 1.40 bits per heavy atom. The van der Waals surface area contributed by atoms with Crippen molar-refractivity contribution in [3.63, 3.8) is 0 Å². The maximum absolute atomic E-state index is 12.5. The fraction of sp³-hybridized carbons (Fsp3) is 0.571. The minimum absolute atomic E-state index is 0.427. The Kier molecular flexibility index (Phi) is 3.67. The molecule has 1 aromatic rings. The summed E-state index contributed by atoms with van der Waals surface area (Å²) in [7, 11) is -0.434. The van der Waals surface area contributed by atoms with Crippen molar-refractivity contribution in [2.75, 3.05) is 0 Å². The molecule has 0 spiro atoms. The lowest BCUT2D eigenvalue weighted by Crippen LogP contribution is -2.41. The molecule has 0 aromatic heterocycles. The van der Waals surface area contributed by atoms with E-state index in [-0.39, 0.29) is 0 Å². The van der Waals surface area contributed by atoms with E-state index in [0.29, 0.717) is 6.32 Å². The summed E-state index contributed by atoms with van der Waals surface area (Å²) in [4.78, 5) is 0. The Hall–Kier alpha value is -1.01. The van der Waals surface area contributed by atoms with Gasteiger partial charge in [-0.1, -0.05) is 12.1 Å². The van der Waals surface area contributed by atoms with Gasteiger partial charge in [0.1, 0.15) is 0 Å². The molecule has 0 unspecified atom stereocenters. The molecule has 1 fully saturated rings. The molecule has 110 valence electrons. The third kappa shape index (κ3) is 3.01. The van der Waals surface area contributed by atoms with Gasteiger partial charge in [0.15, 0.2) is 0 Å². The Balaban J connectivity index is 2.06.